The van der Waals surface area contributed by atoms with Gasteiger partial charge in [-0.1, -0.05) is 13.8 Å². The molecule has 0 aliphatic carbocycles. The second-order valence-electron chi connectivity index (χ2n) is 2.27. The molecule has 0 atom stereocenters. The van der Waals surface area contributed by atoms with Gasteiger partial charge in [0.2, 0.25) is 0 Å². The predicted molar refractivity (Wildman–Crippen MR) is 36.6 cm³/mol. The Morgan fingerprint density at radius 1 is 1.22 bits per heavy atom. The maximum atomic E-state index is 5.77. The summed E-state index contributed by atoms with van der Waals surface area (Å²) in [6, 6.07) is 0. The van der Waals surface area contributed by atoms with Gasteiger partial charge < -0.3 is 11.5 Å². The Morgan fingerprint density at radius 3 is 1.56 bits per heavy atom. The summed E-state index contributed by atoms with van der Waals surface area (Å²) >= 11 is 0. The van der Waals surface area contributed by atoms with Crippen molar-refractivity contribution < 1.29 is 17.1 Å². The van der Waals surface area contributed by atoms with Crippen molar-refractivity contribution in [2.45, 2.75) is 32.2 Å². The summed E-state index contributed by atoms with van der Waals surface area (Å²) in [6.07, 6.45) is 1.94. The molecular formula is C6H16CuN2. The number of hydrogen-bond donors (Lipinski definition) is 2. The van der Waals surface area contributed by atoms with E-state index in [1.807, 2.05) is 0 Å². The van der Waals surface area contributed by atoms with Gasteiger partial charge in [0.25, 0.3) is 0 Å². The zero-order chi connectivity index (χ0) is 6.62. The van der Waals surface area contributed by atoms with Crippen molar-refractivity contribution in [1.29, 1.82) is 0 Å². The van der Waals surface area contributed by atoms with Gasteiger partial charge in [0.15, 0.2) is 0 Å². The number of nitrogens with two attached hydrogens (primary N) is 2. The standard InChI is InChI=1S/C6H16N2.Cu/c1-3-6(8,4-2)5-7;/h3-5,7-8H2,1-2H3;. The van der Waals surface area contributed by atoms with Crippen molar-refractivity contribution in [2.75, 3.05) is 6.54 Å². The van der Waals surface area contributed by atoms with Crippen molar-refractivity contribution in [1.82, 2.24) is 0 Å². The molecule has 0 aromatic carbocycles. The van der Waals surface area contributed by atoms with Crippen molar-refractivity contribution in [3.63, 3.8) is 0 Å². The van der Waals surface area contributed by atoms with E-state index < -0.39 is 0 Å². The van der Waals surface area contributed by atoms with Gasteiger partial charge in [0.05, 0.1) is 0 Å². The first-order chi connectivity index (χ1) is 3.68. The SMILES string of the molecule is CCC(N)(CC)CN.[Cu]. The summed E-state index contributed by atoms with van der Waals surface area (Å²) < 4.78 is 0. The van der Waals surface area contributed by atoms with E-state index in [0.717, 1.165) is 12.8 Å². The molecule has 61 valence electrons. The molecule has 0 aliphatic heterocycles. The Hall–Kier alpha value is 0.439. The van der Waals surface area contributed by atoms with Crippen molar-refractivity contribution in [2.24, 2.45) is 11.5 Å². The summed E-state index contributed by atoms with van der Waals surface area (Å²) in [4.78, 5) is 0. The number of hydrogen-bond acceptors (Lipinski definition) is 2. The maximum absolute atomic E-state index is 5.77. The first kappa shape index (κ1) is 12.1. The van der Waals surface area contributed by atoms with E-state index in [1.165, 1.54) is 0 Å². The van der Waals surface area contributed by atoms with Crippen LogP contribution < -0.4 is 11.5 Å². The van der Waals surface area contributed by atoms with E-state index in [4.69, 9.17) is 11.5 Å². The number of rotatable bonds is 3. The minimum Gasteiger partial charge on any atom is -0.329 e. The van der Waals surface area contributed by atoms with Gasteiger partial charge in [-0.3, -0.25) is 0 Å². The molecule has 3 heteroatoms. The van der Waals surface area contributed by atoms with Crippen LogP contribution in [-0.4, -0.2) is 12.1 Å². The second kappa shape index (κ2) is 5.24. The van der Waals surface area contributed by atoms with E-state index in [9.17, 15) is 0 Å². The van der Waals surface area contributed by atoms with Crippen LogP contribution in [0.1, 0.15) is 26.7 Å². The van der Waals surface area contributed by atoms with E-state index in [2.05, 4.69) is 13.8 Å². The molecule has 0 saturated heterocycles. The zero-order valence-corrected chi connectivity index (χ0v) is 7.02. The molecule has 0 aliphatic rings. The monoisotopic (exact) mass is 179 g/mol. The molecule has 0 aromatic heterocycles. The second-order valence-corrected chi connectivity index (χ2v) is 2.27. The summed E-state index contributed by atoms with van der Waals surface area (Å²) in [5.74, 6) is 0. The molecule has 0 saturated carbocycles. The molecule has 1 radical (unpaired) electrons. The van der Waals surface area contributed by atoms with Gasteiger partial charge in [-0.2, -0.15) is 0 Å². The average Bonchev–Trinajstić information content (AvgIpc) is 1.87. The van der Waals surface area contributed by atoms with Crippen LogP contribution in [0.2, 0.25) is 0 Å². The van der Waals surface area contributed by atoms with E-state index in [1.54, 1.807) is 0 Å². The normalized spacial score (nSPS) is 10.7. The van der Waals surface area contributed by atoms with Gasteiger partial charge in [0.1, 0.15) is 0 Å². The summed E-state index contributed by atoms with van der Waals surface area (Å²) in [6.45, 7) is 4.73. The van der Waals surface area contributed by atoms with Gasteiger partial charge in [0, 0.05) is 29.2 Å². The third-order valence-electron chi connectivity index (χ3n) is 1.81. The quantitative estimate of drug-likeness (QED) is 0.619. The van der Waals surface area contributed by atoms with E-state index >= 15 is 0 Å². The first-order valence-electron chi connectivity index (χ1n) is 3.17. The van der Waals surface area contributed by atoms with Crippen molar-refractivity contribution >= 4 is 0 Å². The van der Waals surface area contributed by atoms with Crippen LogP contribution in [0.5, 0.6) is 0 Å². The van der Waals surface area contributed by atoms with E-state index in [0.29, 0.717) is 6.54 Å². The van der Waals surface area contributed by atoms with Gasteiger partial charge in [-0.15, -0.1) is 0 Å². The molecule has 0 unspecified atom stereocenters. The average molecular weight is 180 g/mol. The van der Waals surface area contributed by atoms with Crippen molar-refractivity contribution in [3.05, 3.63) is 0 Å². The third-order valence-corrected chi connectivity index (χ3v) is 1.81. The zero-order valence-electron chi connectivity index (χ0n) is 6.08. The Balaban J connectivity index is 0. The van der Waals surface area contributed by atoms with Crippen LogP contribution in [0.3, 0.4) is 0 Å². The van der Waals surface area contributed by atoms with E-state index in [-0.39, 0.29) is 22.6 Å². The van der Waals surface area contributed by atoms with Crippen LogP contribution in [0.25, 0.3) is 0 Å². The Labute approximate surface area is 67.8 Å². The first-order valence-corrected chi connectivity index (χ1v) is 3.17. The van der Waals surface area contributed by atoms with Crippen LogP contribution >= 0.6 is 0 Å². The smallest absolute Gasteiger partial charge is 0.0273 e. The minimum atomic E-state index is -0.0972. The molecule has 0 spiro atoms. The minimum absolute atomic E-state index is 0. The summed E-state index contributed by atoms with van der Waals surface area (Å²) in [7, 11) is 0. The molecule has 0 bridgehead atoms. The molecule has 0 fully saturated rings. The molecule has 0 heterocycles. The van der Waals surface area contributed by atoms with Crippen LogP contribution in [0, 0.1) is 0 Å². The fraction of sp³-hybridized carbons (Fsp3) is 1.00. The largest absolute Gasteiger partial charge is 0.329 e. The van der Waals surface area contributed by atoms with Gasteiger partial charge in [-0.05, 0) is 12.8 Å². The molecule has 4 N–H and O–H groups in total. The van der Waals surface area contributed by atoms with Crippen LogP contribution in [-0.2, 0) is 17.1 Å². The molecule has 0 aromatic rings. The molecule has 9 heavy (non-hydrogen) atoms. The third kappa shape index (κ3) is 3.93. The fourth-order valence-corrected chi connectivity index (χ4v) is 0.539. The van der Waals surface area contributed by atoms with Crippen LogP contribution in [0.15, 0.2) is 0 Å². The molecule has 0 amide bonds. The topological polar surface area (TPSA) is 52.0 Å². The fourth-order valence-electron chi connectivity index (χ4n) is 0.539. The maximum Gasteiger partial charge on any atom is 0.0273 e. The van der Waals surface area contributed by atoms with Gasteiger partial charge in [-0.25, -0.2) is 0 Å². The molecule has 2 nitrogen and oxygen atoms in total. The summed E-state index contributed by atoms with van der Waals surface area (Å²) in [5, 5.41) is 0. The Bertz CT molecular complexity index is 53.8. The predicted octanol–water partition coefficient (Wildman–Crippen LogP) is 0.460. The van der Waals surface area contributed by atoms with Crippen LogP contribution in [0.4, 0.5) is 0 Å². The Kier molecular flexibility index (Phi) is 7.08. The van der Waals surface area contributed by atoms with Crippen molar-refractivity contribution in [3.8, 4) is 0 Å². The molecule has 0 rings (SSSR count). The summed E-state index contributed by atoms with van der Waals surface area (Å²) in [5.41, 5.74) is 11.1. The molecular weight excluding hydrogens is 164 g/mol. The van der Waals surface area contributed by atoms with Gasteiger partial charge >= 0.3 is 0 Å². The Morgan fingerprint density at radius 2 is 1.56 bits per heavy atom.